The van der Waals surface area contributed by atoms with Crippen molar-refractivity contribution in [3.8, 4) is 0 Å². The second-order valence-electron chi connectivity index (χ2n) is 3.17. The number of nitrogens with one attached hydrogen (secondary N) is 1. The molecule has 0 radical (unpaired) electrons. The Hall–Kier alpha value is -0.0800. The van der Waals surface area contributed by atoms with Crippen molar-refractivity contribution in [2.24, 2.45) is 5.41 Å². The lowest BCUT2D eigenvalue weighted by Crippen LogP contribution is -2.25. The van der Waals surface area contributed by atoms with Crippen LogP contribution in [0.15, 0.2) is 0 Å². The van der Waals surface area contributed by atoms with Crippen LogP contribution in [0.25, 0.3) is 0 Å². The molecule has 0 amide bonds. The van der Waals surface area contributed by atoms with Gasteiger partial charge in [-0.05, 0) is 13.0 Å². The van der Waals surface area contributed by atoms with Gasteiger partial charge in [0.15, 0.2) is 0 Å². The van der Waals surface area contributed by atoms with Gasteiger partial charge in [-0.25, -0.2) is 0 Å². The van der Waals surface area contributed by atoms with E-state index in [0.717, 1.165) is 19.7 Å². The Balaban J connectivity index is 2.32. The van der Waals surface area contributed by atoms with Gasteiger partial charge in [-0.15, -0.1) is 0 Å². The summed E-state index contributed by atoms with van der Waals surface area (Å²) in [5, 5.41) is 3.32. The first kappa shape index (κ1) is 7.03. The Morgan fingerprint density at radius 1 is 1.67 bits per heavy atom. The van der Waals surface area contributed by atoms with E-state index in [1.807, 2.05) is 0 Å². The highest BCUT2D eigenvalue weighted by atomic mass is 16.5. The van der Waals surface area contributed by atoms with Gasteiger partial charge in [-0.1, -0.05) is 6.92 Å². The molecule has 0 aromatic heterocycles. The lowest BCUT2D eigenvalue weighted by molar-refractivity contribution is 0.105. The fraction of sp³-hybridized carbons (Fsp3) is 1.00. The largest absolute Gasteiger partial charge is 0.384 e. The Morgan fingerprint density at radius 2 is 2.44 bits per heavy atom. The number of methoxy groups -OCH3 is 1. The van der Waals surface area contributed by atoms with Gasteiger partial charge in [0.05, 0.1) is 6.61 Å². The molecule has 1 aliphatic heterocycles. The van der Waals surface area contributed by atoms with Crippen LogP contribution in [0.4, 0.5) is 0 Å². The predicted octanol–water partition coefficient (Wildman–Crippen LogP) is 0.632. The Kier molecular flexibility index (Phi) is 2.09. The molecule has 2 nitrogen and oxygen atoms in total. The summed E-state index contributed by atoms with van der Waals surface area (Å²) in [6.45, 7) is 5.41. The van der Waals surface area contributed by atoms with E-state index in [9.17, 15) is 0 Å². The highest BCUT2D eigenvalue weighted by Crippen LogP contribution is 2.23. The van der Waals surface area contributed by atoms with Crippen molar-refractivity contribution >= 4 is 0 Å². The molecule has 0 aromatic rings. The standard InChI is InChI=1S/C7H15NO/c1-7(6-9-2)3-4-8-5-7/h8H,3-6H2,1-2H3. The van der Waals surface area contributed by atoms with Gasteiger partial charge in [0.25, 0.3) is 0 Å². The average molecular weight is 129 g/mol. The summed E-state index contributed by atoms with van der Waals surface area (Å²) >= 11 is 0. The average Bonchev–Trinajstić information content (AvgIpc) is 2.16. The van der Waals surface area contributed by atoms with Gasteiger partial charge in [0.1, 0.15) is 0 Å². The van der Waals surface area contributed by atoms with Crippen LogP contribution in [0, 0.1) is 5.41 Å². The van der Waals surface area contributed by atoms with Crippen LogP contribution in [-0.2, 0) is 4.74 Å². The molecule has 1 unspecified atom stereocenters. The van der Waals surface area contributed by atoms with Gasteiger partial charge in [-0.2, -0.15) is 0 Å². The molecule has 54 valence electrons. The van der Waals surface area contributed by atoms with Crippen molar-refractivity contribution in [1.29, 1.82) is 0 Å². The van der Waals surface area contributed by atoms with E-state index < -0.39 is 0 Å². The van der Waals surface area contributed by atoms with Crippen LogP contribution in [0.5, 0.6) is 0 Å². The van der Waals surface area contributed by atoms with E-state index in [0.29, 0.717) is 5.41 Å². The van der Waals surface area contributed by atoms with E-state index in [-0.39, 0.29) is 0 Å². The Morgan fingerprint density at radius 3 is 2.89 bits per heavy atom. The van der Waals surface area contributed by atoms with Crippen LogP contribution in [0.3, 0.4) is 0 Å². The molecule has 1 heterocycles. The number of rotatable bonds is 2. The van der Waals surface area contributed by atoms with Crippen molar-refractivity contribution in [3.63, 3.8) is 0 Å². The van der Waals surface area contributed by atoms with Crippen LogP contribution in [-0.4, -0.2) is 26.8 Å². The van der Waals surface area contributed by atoms with Crippen LogP contribution in [0.1, 0.15) is 13.3 Å². The van der Waals surface area contributed by atoms with Crippen molar-refractivity contribution in [2.75, 3.05) is 26.8 Å². The fourth-order valence-corrected chi connectivity index (χ4v) is 1.34. The Bertz CT molecular complexity index is 86.9. The topological polar surface area (TPSA) is 21.3 Å². The molecule has 1 saturated heterocycles. The molecule has 0 aliphatic carbocycles. The molecule has 0 bridgehead atoms. The quantitative estimate of drug-likeness (QED) is 0.590. The molecule has 1 atom stereocenters. The summed E-state index contributed by atoms with van der Waals surface area (Å²) in [4.78, 5) is 0. The molecule has 2 heteroatoms. The second kappa shape index (κ2) is 2.67. The zero-order valence-corrected chi connectivity index (χ0v) is 6.24. The summed E-state index contributed by atoms with van der Waals surface area (Å²) in [5.74, 6) is 0. The van der Waals surface area contributed by atoms with Crippen molar-refractivity contribution < 1.29 is 4.74 Å². The fourth-order valence-electron chi connectivity index (χ4n) is 1.34. The third-order valence-corrected chi connectivity index (χ3v) is 1.95. The maximum atomic E-state index is 5.09. The number of hydrogen-bond donors (Lipinski definition) is 1. The maximum absolute atomic E-state index is 5.09. The minimum Gasteiger partial charge on any atom is -0.384 e. The molecule has 1 N–H and O–H groups in total. The smallest absolute Gasteiger partial charge is 0.0528 e. The third-order valence-electron chi connectivity index (χ3n) is 1.95. The van der Waals surface area contributed by atoms with Crippen molar-refractivity contribution in [2.45, 2.75) is 13.3 Å². The molecular weight excluding hydrogens is 114 g/mol. The monoisotopic (exact) mass is 129 g/mol. The first-order valence-corrected chi connectivity index (χ1v) is 3.46. The summed E-state index contributed by atoms with van der Waals surface area (Å²) in [5.41, 5.74) is 0.411. The summed E-state index contributed by atoms with van der Waals surface area (Å²) in [6.07, 6.45) is 1.25. The first-order valence-electron chi connectivity index (χ1n) is 3.46. The van der Waals surface area contributed by atoms with Gasteiger partial charge in [-0.3, -0.25) is 0 Å². The minimum atomic E-state index is 0.411. The molecular formula is C7H15NO. The highest BCUT2D eigenvalue weighted by molar-refractivity contribution is 4.82. The zero-order chi connectivity index (χ0) is 6.74. The lowest BCUT2D eigenvalue weighted by atomic mass is 9.91. The Labute approximate surface area is 56.6 Å². The maximum Gasteiger partial charge on any atom is 0.0528 e. The normalized spacial score (nSPS) is 35.3. The van der Waals surface area contributed by atoms with E-state index in [1.165, 1.54) is 6.42 Å². The molecule has 0 saturated carbocycles. The third kappa shape index (κ3) is 1.66. The van der Waals surface area contributed by atoms with Crippen molar-refractivity contribution in [3.05, 3.63) is 0 Å². The number of ether oxygens (including phenoxy) is 1. The molecule has 1 fully saturated rings. The molecule has 1 rings (SSSR count). The molecule has 0 aromatic carbocycles. The van der Waals surface area contributed by atoms with E-state index in [4.69, 9.17) is 4.74 Å². The zero-order valence-electron chi connectivity index (χ0n) is 6.24. The van der Waals surface area contributed by atoms with Crippen LogP contribution >= 0.6 is 0 Å². The van der Waals surface area contributed by atoms with E-state index >= 15 is 0 Å². The first-order chi connectivity index (χ1) is 4.27. The van der Waals surface area contributed by atoms with Gasteiger partial charge in [0, 0.05) is 19.1 Å². The van der Waals surface area contributed by atoms with E-state index in [2.05, 4.69) is 12.2 Å². The highest BCUT2D eigenvalue weighted by Gasteiger charge is 2.27. The van der Waals surface area contributed by atoms with Crippen LogP contribution in [0.2, 0.25) is 0 Å². The molecule has 9 heavy (non-hydrogen) atoms. The summed E-state index contributed by atoms with van der Waals surface area (Å²) in [6, 6.07) is 0. The molecule has 0 spiro atoms. The SMILES string of the molecule is COCC1(C)CCNC1. The van der Waals surface area contributed by atoms with Gasteiger partial charge >= 0.3 is 0 Å². The lowest BCUT2D eigenvalue weighted by Gasteiger charge is -2.20. The van der Waals surface area contributed by atoms with Gasteiger partial charge < -0.3 is 10.1 Å². The van der Waals surface area contributed by atoms with Gasteiger partial charge in [0.2, 0.25) is 0 Å². The summed E-state index contributed by atoms with van der Waals surface area (Å²) in [7, 11) is 1.77. The summed E-state index contributed by atoms with van der Waals surface area (Å²) < 4.78 is 5.09. The molecule has 1 aliphatic rings. The number of hydrogen-bond acceptors (Lipinski definition) is 2. The second-order valence-corrected chi connectivity index (χ2v) is 3.17. The van der Waals surface area contributed by atoms with E-state index in [1.54, 1.807) is 7.11 Å². The van der Waals surface area contributed by atoms with Crippen molar-refractivity contribution in [1.82, 2.24) is 5.32 Å². The predicted molar refractivity (Wildman–Crippen MR) is 37.5 cm³/mol. The van der Waals surface area contributed by atoms with Crippen LogP contribution < -0.4 is 5.32 Å². The minimum absolute atomic E-state index is 0.411.